The molecule has 3 aliphatic carbocycles. The molecule has 0 radical (unpaired) electrons. The van der Waals surface area contributed by atoms with Gasteiger partial charge in [-0.2, -0.15) is 0 Å². The third kappa shape index (κ3) is 3.33. The molecule has 4 heteroatoms. The molecule has 4 nitrogen and oxygen atoms in total. The summed E-state index contributed by atoms with van der Waals surface area (Å²) in [5.74, 6) is 1.10. The second-order valence-corrected chi connectivity index (χ2v) is 10.5. The zero-order chi connectivity index (χ0) is 21.9. The Morgan fingerprint density at radius 3 is 2.16 bits per heavy atom. The summed E-state index contributed by atoms with van der Waals surface area (Å²) in [6, 6.07) is 11.4. The maximum absolute atomic E-state index is 12.8. The molecule has 0 bridgehead atoms. The van der Waals surface area contributed by atoms with E-state index in [2.05, 4.69) is 17.4 Å². The standard InChI is InChI=1S/C27H29NO3/c1-27(2,3)26(31)28-17-8-10-20-22-13-16(19-12-11-18(19)15-5-4-6-15)7-9-21(22)24(29)25(30)23(20)14-17/h7-10,13-15,18-19H,4-6,11-12H2,1-3H3,(H,28,31). The van der Waals surface area contributed by atoms with Crippen LogP contribution >= 0.6 is 0 Å². The zero-order valence-electron chi connectivity index (χ0n) is 18.5. The summed E-state index contributed by atoms with van der Waals surface area (Å²) in [6.45, 7) is 5.51. The summed E-state index contributed by atoms with van der Waals surface area (Å²) in [5, 5.41) is 2.87. The number of Topliss-reactive ketones (excluding diaryl/α,β-unsaturated/α-hetero) is 2. The van der Waals surface area contributed by atoms with Crippen molar-refractivity contribution in [1.82, 2.24) is 0 Å². The van der Waals surface area contributed by atoms with Crippen LogP contribution in [0.3, 0.4) is 0 Å². The number of amides is 1. The van der Waals surface area contributed by atoms with Crippen LogP contribution in [0, 0.1) is 17.3 Å². The predicted molar refractivity (Wildman–Crippen MR) is 121 cm³/mol. The van der Waals surface area contributed by atoms with Gasteiger partial charge in [-0.3, -0.25) is 14.4 Å². The topological polar surface area (TPSA) is 63.2 Å². The van der Waals surface area contributed by atoms with Gasteiger partial charge in [-0.05, 0) is 65.5 Å². The molecule has 2 atom stereocenters. The van der Waals surface area contributed by atoms with E-state index in [1.165, 1.54) is 37.7 Å². The molecule has 31 heavy (non-hydrogen) atoms. The molecule has 5 rings (SSSR count). The minimum atomic E-state index is -0.545. The molecule has 2 aromatic rings. The van der Waals surface area contributed by atoms with Crippen LogP contribution in [0.25, 0.3) is 11.1 Å². The van der Waals surface area contributed by atoms with E-state index in [0.29, 0.717) is 22.7 Å². The highest BCUT2D eigenvalue weighted by Crippen LogP contribution is 2.53. The molecule has 160 valence electrons. The van der Waals surface area contributed by atoms with Crippen LogP contribution in [0.4, 0.5) is 5.69 Å². The third-order valence-corrected chi connectivity index (χ3v) is 7.50. The van der Waals surface area contributed by atoms with Crippen molar-refractivity contribution in [3.8, 4) is 11.1 Å². The number of carbonyl (C=O) groups is 3. The van der Waals surface area contributed by atoms with Crippen LogP contribution < -0.4 is 5.32 Å². The fourth-order valence-corrected chi connectivity index (χ4v) is 5.19. The molecule has 0 saturated heterocycles. The fourth-order valence-electron chi connectivity index (χ4n) is 5.19. The van der Waals surface area contributed by atoms with E-state index in [-0.39, 0.29) is 5.91 Å². The first-order chi connectivity index (χ1) is 14.7. The van der Waals surface area contributed by atoms with Gasteiger partial charge in [-0.1, -0.05) is 58.2 Å². The molecule has 3 aliphatic rings. The summed E-state index contributed by atoms with van der Waals surface area (Å²) < 4.78 is 0. The van der Waals surface area contributed by atoms with Crippen molar-refractivity contribution in [1.29, 1.82) is 0 Å². The number of carbonyl (C=O) groups excluding carboxylic acids is 3. The van der Waals surface area contributed by atoms with Crippen molar-refractivity contribution in [2.75, 3.05) is 5.32 Å². The van der Waals surface area contributed by atoms with Gasteiger partial charge < -0.3 is 5.32 Å². The Hall–Kier alpha value is -2.75. The van der Waals surface area contributed by atoms with Gasteiger partial charge in [-0.15, -0.1) is 0 Å². The maximum atomic E-state index is 12.8. The summed E-state index contributed by atoms with van der Waals surface area (Å²) in [5.41, 5.74) is 3.80. The molecule has 0 aromatic heterocycles. The van der Waals surface area contributed by atoms with Gasteiger partial charge >= 0.3 is 0 Å². The van der Waals surface area contributed by atoms with Crippen LogP contribution in [0.2, 0.25) is 0 Å². The van der Waals surface area contributed by atoms with Crippen molar-refractivity contribution in [2.45, 2.75) is 58.8 Å². The number of ketones is 2. The van der Waals surface area contributed by atoms with Gasteiger partial charge in [0.1, 0.15) is 0 Å². The number of rotatable bonds is 3. The molecular formula is C27H29NO3. The molecule has 2 unspecified atom stereocenters. The van der Waals surface area contributed by atoms with Crippen molar-refractivity contribution in [2.24, 2.45) is 17.3 Å². The Morgan fingerprint density at radius 1 is 0.839 bits per heavy atom. The lowest BCUT2D eigenvalue weighted by Gasteiger charge is -2.46. The van der Waals surface area contributed by atoms with E-state index in [1.807, 2.05) is 39.0 Å². The van der Waals surface area contributed by atoms with Crippen molar-refractivity contribution in [3.63, 3.8) is 0 Å². The number of hydrogen-bond donors (Lipinski definition) is 1. The van der Waals surface area contributed by atoms with Gasteiger partial charge in [0, 0.05) is 22.2 Å². The van der Waals surface area contributed by atoms with E-state index >= 15 is 0 Å². The predicted octanol–water partition coefficient (Wildman–Crippen LogP) is 6.01. The van der Waals surface area contributed by atoms with Crippen molar-refractivity contribution in [3.05, 3.63) is 53.1 Å². The average Bonchev–Trinajstić information content (AvgIpc) is 2.67. The Kier molecular flexibility index (Phi) is 4.65. The summed E-state index contributed by atoms with van der Waals surface area (Å²) >= 11 is 0. The van der Waals surface area contributed by atoms with E-state index in [0.717, 1.165) is 23.0 Å². The lowest BCUT2D eigenvalue weighted by Crippen LogP contribution is -2.34. The highest BCUT2D eigenvalue weighted by molar-refractivity contribution is 6.53. The minimum Gasteiger partial charge on any atom is -0.326 e. The van der Waals surface area contributed by atoms with Crippen LogP contribution in [0.15, 0.2) is 36.4 Å². The van der Waals surface area contributed by atoms with Crippen LogP contribution in [-0.2, 0) is 4.79 Å². The molecule has 0 aliphatic heterocycles. The lowest BCUT2D eigenvalue weighted by atomic mass is 9.59. The van der Waals surface area contributed by atoms with Crippen LogP contribution in [0.5, 0.6) is 0 Å². The SMILES string of the molecule is CC(C)(C)C(=O)Nc1ccc2c(c1)C(=O)C(=O)c1ccc(C3CCC3C3CCC3)cc1-2. The van der Waals surface area contributed by atoms with E-state index in [1.54, 1.807) is 6.07 Å². The van der Waals surface area contributed by atoms with Crippen LogP contribution in [0.1, 0.15) is 85.1 Å². The smallest absolute Gasteiger partial charge is 0.234 e. The summed E-state index contributed by atoms with van der Waals surface area (Å²) in [4.78, 5) is 38.0. The van der Waals surface area contributed by atoms with Crippen LogP contribution in [-0.4, -0.2) is 17.5 Å². The number of benzene rings is 2. The lowest BCUT2D eigenvalue weighted by molar-refractivity contribution is -0.123. The second-order valence-electron chi connectivity index (χ2n) is 10.5. The Balaban J connectivity index is 1.50. The quantitative estimate of drug-likeness (QED) is 0.624. The molecule has 2 saturated carbocycles. The van der Waals surface area contributed by atoms with E-state index < -0.39 is 17.0 Å². The van der Waals surface area contributed by atoms with Crippen molar-refractivity contribution >= 4 is 23.2 Å². The van der Waals surface area contributed by atoms with Gasteiger partial charge in [0.2, 0.25) is 17.5 Å². The fraction of sp³-hybridized carbons (Fsp3) is 0.444. The second kappa shape index (κ2) is 7.15. The van der Waals surface area contributed by atoms with E-state index in [4.69, 9.17) is 0 Å². The Morgan fingerprint density at radius 2 is 1.55 bits per heavy atom. The summed E-state index contributed by atoms with van der Waals surface area (Å²) in [7, 11) is 0. The number of fused-ring (bicyclic) bond motifs is 3. The molecule has 2 fully saturated rings. The monoisotopic (exact) mass is 415 g/mol. The first-order valence-corrected chi connectivity index (χ1v) is 11.4. The molecule has 0 heterocycles. The highest BCUT2D eigenvalue weighted by atomic mass is 16.2. The Bertz CT molecular complexity index is 1100. The van der Waals surface area contributed by atoms with E-state index in [9.17, 15) is 14.4 Å². The normalized spacial score (nSPS) is 22.8. The molecule has 1 N–H and O–H groups in total. The zero-order valence-corrected chi connectivity index (χ0v) is 18.5. The molecule has 0 spiro atoms. The maximum Gasteiger partial charge on any atom is 0.234 e. The number of nitrogens with one attached hydrogen (secondary N) is 1. The number of hydrogen-bond acceptors (Lipinski definition) is 3. The minimum absolute atomic E-state index is 0.128. The average molecular weight is 416 g/mol. The molecular weight excluding hydrogens is 386 g/mol. The van der Waals surface area contributed by atoms with Gasteiger partial charge in [0.15, 0.2) is 0 Å². The van der Waals surface area contributed by atoms with Crippen molar-refractivity contribution < 1.29 is 14.4 Å². The number of anilines is 1. The largest absolute Gasteiger partial charge is 0.326 e. The first kappa shape index (κ1) is 20.2. The van der Waals surface area contributed by atoms with Gasteiger partial charge in [-0.25, -0.2) is 0 Å². The molecule has 2 aromatic carbocycles. The van der Waals surface area contributed by atoms with Gasteiger partial charge in [0.25, 0.3) is 0 Å². The highest BCUT2D eigenvalue weighted by Gasteiger charge is 2.40. The van der Waals surface area contributed by atoms with Gasteiger partial charge in [0.05, 0.1) is 0 Å². The molecule has 1 amide bonds. The Labute approximate surface area is 183 Å². The summed E-state index contributed by atoms with van der Waals surface area (Å²) in [6.07, 6.45) is 6.57. The first-order valence-electron chi connectivity index (χ1n) is 11.4. The third-order valence-electron chi connectivity index (χ3n) is 7.50.